The van der Waals surface area contributed by atoms with Crippen LogP contribution < -0.4 is 5.32 Å². The van der Waals surface area contributed by atoms with E-state index in [4.69, 9.17) is 0 Å². The fraction of sp³-hybridized carbons (Fsp3) is 0.353. The molecule has 2 heterocycles. The van der Waals surface area contributed by atoms with Gasteiger partial charge in [-0.1, -0.05) is 25.1 Å². The minimum atomic E-state index is 0.900. The Bertz CT molecular complexity index is 755. The number of fused-ring (bicyclic) bond motifs is 1. The monoisotopic (exact) mass is 299 g/mol. The molecule has 0 radical (unpaired) electrons. The highest BCUT2D eigenvalue weighted by Gasteiger charge is 2.13. The third kappa shape index (κ3) is 2.74. The van der Waals surface area contributed by atoms with Crippen molar-refractivity contribution < 1.29 is 0 Å². The molecule has 0 bridgehead atoms. The number of imidazole rings is 1. The van der Waals surface area contributed by atoms with Crippen molar-refractivity contribution in [3.63, 3.8) is 0 Å². The van der Waals surface area contributed by atoms with Crippen LogP contribution in [0, 0.1) is 13.8 Å². The molecule has 0 aliphatic rings. The third-order valence-corrected chi connectivity index (χ3v) is 5.20. The summed E-state index contributed by atoms with van der Waals surface area (Å²) in [6, 6.07) is 8.69. The Kier molecular flexibility index (Phi) is 4.08. The molecular weight excluding hydrogens is 278 g/mol. The van der Waals surface area contributed by atoms with E-state index >= 15 is 0 Å². The maximum absolute atomic E-state index is 4.42. The smallest absolute Gasteiger partial charge is 0.0954 e. The zero-order chi connectivity index (χ0) is 14.8. The van der Waals surface area contributed by atoms with E-state index in [0.717, 1.165) is 25.3 Å². The van der Waals surface area contributed by atoms with Gasteiger partial charge in [-0.25, -0.2) is 4.98 Å². The largest absolute Gasteiger partial charge is 0.330 e. The van der Waals surface area contributed by atoms with E-state index in [-0.39, 0.29) is 0 Å². The standard InChI is InChI=1S/C17H21N3S/c1-4-18-9-17-15(10-20-11-19-12(2)13(20)3)14-7-5-6-8-16(14)21-17/h5-8,11,18H,4,9-10H2,1-3H3. The third-order valence-electron chi connectivity index (χ3n) is 3.99. The summed E-state index contributed by atoms with van der Waals surface area (Å²) in [6.45, 7) is 9.19. The van der Waals surface area contributed by atoms with Gasteiger partial charge in [0.15, 0.2) is 0 Å². The van der Waals surface area contributed by atoms with Gasteiger partial charge in [-0.2, -0.15) is 0 Å². The van der Waals surface area contributed by atoms with Gasteiger partial charge in [0.1, 0.15) is 0 Å². The molecule has 3 rings (SSSR count). The molecule has 0 fully saturated rings. The first kappa shape index (κ1) is 14.3. The van der Waals surface area contributed by atoms with Crippen LogP contribution in [0.2, 0.25) is 0 Å². The fourth-order valence-electron chi connectivity index (χ4n) is 2.58. The van der Waals surface area contributed by atoms with E-state index in [1.54, 1.807) is 0 Å². The molecule has 0 aliphatic heterocycles. The SMILES string of the molecule is CCNCc1sc2ccccc2c1Cn1cnc(C)c1C. The lowest BCUT2D eigenvalue weighted by molar-refractivity contribution is 0.715. The highest BCUT2D eigenvalue weighted by Crippen LogP contribution is 2.32. The van der Waals surface area contributed by atoms with Gasteiger partial charge in [0.05, 0.1) is 18.6 Å². The van der Waals surface area contributed by atoms with Crippen molar-refractivity contribution in [1.29, 1.82) is 0 Å². The van der Waals surface area contributed by atoms with Gasteiger partial charge in [0.2, 0.25) is 0 Å². The fourth-order valence-corrected chi connectivity index (χ4v) is 3.76. The molecule has 0 saturated heterocycles. The van der Waals surface area contributed by atoms with Gasteiger partial charge in [0, 0.05) is 21.8 Å². The average Bonchev–Trinajstić information content (AvgIpc) is 3.00. The molecule has 0 aliphatic carbocycles. The lowest BCUT2D eigenvalue weighted by Gasteiger charge is -2.08. The van der Waals surface area contributed by atoms with Crippen LogP contribution in [0.15, 0.2) is 30.6 Å². The predicted octanol–water partition coefficient (Wildman–Crippen LogP) is 3.87. The molecule has 0 saturated carbocycles. The minimum Gasteiger partial charge on any atom is -0.330 e. The van der Waals surface area contributed by atoms with Crippen molar-refractivity contribution in [3.05, 3.63) is 52.4 Å². The number of hydrogen-bond donors (Lipinski definition) is 1. The van der Waals surface area contributed by atoms with E-state index in [2.05, 4.69) is 59.9 Å². The lowest BCUT2D eigenvalue weighted by Crippen LogP contribution is -2.12. The number of benzene rings is 1. The molecule has 3 aromatic rings. The highest BCUT2D eigenvalue weighted by atomic mass is 32.1. The van der Waals surface area contributed by atoms with Gasteiger partial charge in [-0.3, -0.25) is 0 Å². The number of aryl methyl sites for hydroxylation is 1. The van der Waals surface area contributed by atoms with Gasteiger partial charge in [-0.15, -0.1) is 11.3 Å². The molecule has 0 amide bonds. The maximum atomic E-state index is 4.42. The number of rotatable bonds is 5. The first-order valence-corrected chi connectivity index (χ1v) is 8.20. The van der Waals surface area contributed by atoms with E-state index in [1.807, 2.05) is 17.7 Å². The molecule has 1 aromatic carbocycles. The van der Waals surface area contributed by atoms with Crippen LogP contribution in [-0.4, -0.2) is 16.1 Å². The first-order valence-electron chi connectivity index (χ1n) is 7.39. The Labute approximate surface area is 129 Å². The summed E-state index contributed by atoms with van der Waals surface area (Å²) in [5.74, 6) is 0. The Morgan fingerprint density at radius 2 is 2.05 bits per heavy atom. The second-order valence-corrected chi connectivity index (χ2v) is 6.46. The van der Waals surface area contributed by atoms with Crippen LogP contribution in [0.3, 0.4) is 0 Å². The van der Waals surface area contributed by atoms with Crippen molar-refractivity contribution in [2.75, 3.05) is 6.54 Å². The summed E-state index contributed by atoms with van der Waals surface area (Å²) >= 11 is 1.90. The molecule has 0 atom stereocenters. The average molecular weight is 299 g/mol. The van der Waals surface area contributed by atoms with Crippen molar-refractivity contribution in [3.8, 4) is 0 Å². The van der Waals surface area contributed by atoms with Crippen LogP contribution in [0.4, 0.5) is 0 Å². The molecule has 1 N–H and O–H groups in total. The van der Waals surface area contributed by atoms with Crippen molar-refractivity contribution in [2.24, 2.45) is 0 Å². The van der Waals surface area contributed by atoms with Gasteiger partial charge in [-0.05, 0) is 37.4 Å². The molecule has 4 heteroatoms. The number of hydrogen-bond acceptors (Lipinski definition) is 3. The lowest BCUT2D eigenvalue weighted by atomic mass is 10.1. The number of aromatic nitrogens is 2. The van der Waals surface area contributed by atoms with Gasteiger partial charge < -0.3 is 9.88 Å². The minimum absolute atomic E-state index is 0.900. The van der Waals surface area contributed by atoms with Crippen LogP contribution in [0.1, 0.15) is 28.8 Å². The number of nitrogens with one attached hydrogen (secondary N) is 1. The Balaban J connectivity index is 2.04. The van der Waals surface area contributed by atoms with Gasteiger partial charge >= 0.3 is 0 Å². The van der Waals surface area contributed by atoms with E-state index in [0.29, 0.717) is 0 Å². The Hall–Kier alpha value is -1.65. The summed E-state index contributed by atoms with van der Waals surface area (Å²) in [6.07, 6.45) is 1.95. The summed E-state index contributed by atoms with van der Waals surface area (Å²) < 4.78 is 3.62. The molecule has 0 unspecified atom stereocenters. The molecule has 110 valence electrons. The maximum Gasteiger partial charge on any atom is 0.0954 e. The van der Waals surface area contributed by atoms with Crippen LogP contribution in [0.25, 0.3) is 10.1 Å². The molecule has 2 aromatic heterocycles. The summed E-state index contributed by atoms with van der Waals surface area (Å²) in [7, 11) is 0. The molecular formula is C17H21N3S. The van der Waals surface area contributed by atoms with E-state index in [1.165, 1.54) is 26.2 Å². The second kappa shape index (κ2) is 6.00. The number of thiophene rings is 1. The summed E-state index contributed by atoms with van der Waals surface area (Å²) in [4.78, 5) is 5.85. The van der Waals surface area contributed by atoms with Crippen molar-refractivity contribution >= 4 is 21.4 Å². The van der Waals surface area contributed by atoms with Gasteiger partial charge in [0.25, 0.3) is 0 Å². The quantitative estimate of drug-likeness (QED) is 0.775. The van der Waals surface area contributed by atoms with Crippen molar-refractivity contribution in [1.82, 2.24) is 14.9 Å². The zero-order valence-electron chi connectivity index (χ0n) is 12.8. The Morgan fingerprint density at radius 3 is 2.76 bits per heavy atom. The molecule has 21 heavy (non-hydrogen) atoms. The number of nitrogens with zero attached hydrogens (tertiary/aromatic N) is 2. The van der Waals surface area contributed by atoms with Crippen LogP contribution in [0.5, 0.6) is 0 Å². The molecule has 0 spiro atoms. The van der Waals surface area contributed by atoms with E-state index in [9.17, 15) is 0 Å². The Morgan fingerprint density at radius 1 is 1.24 bits per heavy atom. The topological polar surface area (TPSA) is 29.9 Å². The normalized spacial score (nSPS) is 11.4. The summed E-state index contributed by atoms with van der Waals surface area (Å²) in [5, 5.41) is 4.83. The van der Waals surface area contributed by atoms with Crippen molar-refractivity contribution in [2.45, 2.75) is 33.9 Å². The van der Waals surface area contributed by atoms with Crippen LogP contribution >= 0.6 is 11.3 Å². The zero-order valence-corrected chi connectivity index (χ0v) is 13.6. The second-order valence-electron chi connectivity index (χ2n) is 5.32. The predicted molar refractivity (Wildman–Crippen MR) is 90.0 cm³/mol. The summed E-state index contributed by atoms with van der Waals surface area (Å²) in [5.41, 5.74) is 3.79. The van der Waals surface area contributed by atoms with Crippen LogP contribution in [-0.2, 0) is 13.1 Å². The first-order chi connectivity index (χ1) is 10.2. The highest BCUT2D eigenvalue weighted by molar-refractivity contribution is 7.19. The molecule has 3 nitrogen and oxygen atoms in total. The van der Waals surface area contributed by atoms with E-state index < -0.39 is 0 Å².